The lowest BCUT2D eigenvalue weighted by Gasteiger charge is -2.21. The molecule has 0 heterocycles. The van der Waals surface area contributed by atoms with E-state index in [1.165, 1.54) is 11.8 Å². The quantitative estimate of drug-likeness (QED) is 0.571. The number of anilines is 1. The zero-order valence-corrected chi connectivity index (χ0v) is 14.0. The number of nitrogens with zero attached hydrogens (tertiary/aromatic N) is 1. The van der Waals surface area contributed by atoms with Crippen molar-refractivity contribution in [1.82, 2.24) is 0 Å². The molecule has 1 atom stereocenters. The second-order valence-electron chi connectivity index (χ2n) is 5.31. The summed E-state index contributed by atoms with van der Waals surface area (Å²) in [5.74, 6) is -0.759. The van der Waals surface area contributed by atoms with Crippen LogP contribution >= 0.6 is 0 Å². The average Bonchev–Trinajstić information content (AvgIpc) is 2.66. The number of esters is 1. The topological polar surface area (TPSA) is 72.9 Å². The van der Waals surface area contributed by atoms with Gasteiger partial charge in [0.2, 0.25) is 0 Å². The number of ether oxygens (including phenoxy) is 2. The fourth-order valence-electron chi connectivity index (χ4n) is 2.18. The van der Waals surface area contributed by atoms with Crippen molar-refractivity contribution >= 4 is 23.9 Å². The summed E-state index contributed by atoms with van der Waals surface area (Å²) < 4.78 is 10.4. The molecule has 2 aromatic carbocycles. The Bertz CT molecular complexity index is 744. The number of carbonyl (C=O) groups is 3. The summed E-state index contributed by atoms with van der Waals surface area (Å²) in [6.45, 7) is 1.11. The summed E-state index contributed by atoms with van der Waals surface area (Å²) in [7, 11) is 1.61. The Balaban J connectivity index is 1.89. The lowest BCUT2D eigenvalue weighted by molar-refractivity contribution is -0.155. The van der Waals surface area contributed by atoms with Gasteiger partial charge < -0.3 is 14.4 Å². The Hall–Kier alpha value is -3.15. The standard InChI is InChI=1S/C19H19NO5/c1-14(19(23)20(2)16-9-4-3-5-10-16)25-18(22)13-24-17-11-7-6-8-15(17)12-21/h3-12,14H,13H2,1-2H3/t14-/m1/s1. The van der Waals surface area contributed by atoms with E-state index in [1.54, 1.807) is 43.4 Å². The highest BCUT2D eigenvalue weighted by atomic mass is 16.6. The molecule has 0 fully saturated rings. The first-order valence-corrected chi connectivity index (χ1v) is 7.72. The van der Waals surface area contributed by atoms with Gasteiger partial charge in [-0.25, -0.2) is 4.79 Å². The van der Waals surface area contributed by atoms with Gasteiger partial charge in [0, 0.05) is 12.7 Å². The molecule has 0 aliphatic carbocycles. The van der Waals surface area contributed by atoms with E-state index in [4.69, 9.17) is 9.47 Å². The van der Waals surface area contributed by atoms with Crippen LogP contribution in [0.3, 0.4) is 0 Å². The molecule has 1 amide bonds. The van der Waals surface area contributed by atoms with Crippen LogP contribution in [-0.4, -0.2) is 37.9 Å². The van der Waals surface area contributed by atoms with Gasteiger partial charge in [0.15, 0.2) is 19.0 Å². The summed E-state index contributed by atoms with van der Waals surface area (Å²) in [6, 6.07) is 15.6. The number of hydrogen-bond donors (Lipinski definition) is 0. The van der Waals surface area contributed by atoms with E-state index in [2.05, 4.69) is 0 Å². The summed E-state index contributed by atoms with van der Waals surface area (Å²) in [6.07, 6.45) is -0.315. The molecule has 0 aromatic heterocycles. The lowest BCUT2D eigenvalue weighted by atomic mass is 10.2. The summed E-state index contributed by atoms with van der Waals surface area (Å²) in [4.78, 5) is 36.5. The zero-order chi connectivity index (χ0) is 18.2. The molecule has 130 valence electrons. The van der Waals surface area contributed by atoms with Crippen molar-refractivity contribution in [3.63, 3.8) is 0 Å². The summed E-state index contributed by atoms with van der Waals surface area (Å²) >= 11 is 0. The molecule has 0 saturated heterocycles. The summed E-state index contributed by atoms with van der Waals surface area (Å²) in [5.41, 5.74) is 1.04. The fourth-order valence-corrected chi connectivity index (χ4v) is 2.18. The maximum Gasteiger partial charge on any atom is 0.344 e. The molecule has 0 unspecified atom stereocenters. The lowest BCUT2D eigenvalue weighted by Crippen LogP contribution is -2.38. The van der Waals surface area contributed by atoms with Gasteiger partial charge in [-0.2, -0.15) is 0 Å². The van der Waals surface area contributed by atoms with Crippen LogP contribution < -0.4 is 9.64 Å². The highest BCUT2D eigenvalue weighted by Gasteiger charge is 2.22. The monoisotopic (exact) mass is 341 g/mol. The molecule has 6 nitrogen and oxygen atoms in total. The highest BCUT2D eigenvalue weighted by Crippen LogP contribution is 2.16. The van der Waals surface area contributed by atoms with Crippen LogP contribution in [0.5, 0.6) is 5.75 Å². The third kappa shape index (κ3) is 4.91. The molecule has 6 heteroatoms. The first-order chi connectivity index (χ1) is 12.0. The molecule has 0 aliphatic heterocycles. The Labute approximate surface area is 146 Å². The molecule has 0 radical (unpaired) electrons. The maximum absolute atomic E-state index is 12.3. The number of hydrogen-bond acceptors (Lipinski definition) is 5. The van der Waals surface area contributed by atoms with Crippen molar-refractivity contribution in [3.05, 3.63) is 60.2 Å². The number of benzene rings is 2. The van der Waals surface area contributed by atoms with E-state index >= 15 is 0 Å². The first kappa shape index (κ1) is 18.2. The van der Waals surface area contributed by atoms with Gasteiger partial charge in [-0.15, -0.1) is 0 Å². The Kier molecular flexibility index (Phi) is 6.28. The highest BCUT2D eigenvalue weighted by molar-refractivity contribution is 5.96. The molecule has 2 rings (SSSR count). The predicted octanol–water partition coefficient (Wildman–Crippen LogP) is 2.47. The number of aldehydes is 1. The second-order valence-corrected chi connectivity index (χ2v) is 5.31. The predicted molar refractivity (Wildman–Crippen MR) is 92.7 cm³/mol. The molecule has 25 heavy (non-hydrogen) atoms. The number of amides is 1. The van der Waals surface area contributed by atoms with Crippen molar-refractivity contribution in [2.24, 2.45) is 0 Å². The van der Waals surface area contributed by atoms with E-state index < -0.39 is 18.7 Å². The molecule has 2 aromatic rings. The molecule has 0 spiro atoms. The maximum atomic E-state index is 12.3. The van der Waals surface area contributed by atoms with Crippen molar-refractivity contribution in [3.8, 4) is 5.75 Å². The van der Waals surface area contributed by atoms with E-state index in [0.717, 1.165) is 0 Å². The van der Waals surface area contributed by atoms with Crippen LogP contribution in [0.15, 0.2) is 54.6 Å². The van der Waals surface area contributed by atoms with Gasteiger partial charge in [0.25, 0.3) is 5.91 Å². The van der Waals surface area contributed by atoms with Gasteiger partial charge >= 0.3 is 5.97 Å². The minimum atomic E-state index is -0.956. The number of rotatable bonds is 7. The van der Waals surface area contributed by atoms with E-state index in [0.29, 0.717) is 17.5 Å². The smallest absolute Gasteiger partial charge is 0.344 e. The zero-order valence-electron chi connectivity index (χ0n) is 14.0. The van der Waals surface area contributed by atoms with Crippen molar-refractivity contribution in [2.75, 3.05) is 18.6 Å². The Morgan fingerprint density at radius 1 is 1.08 bits per heavy atom. The van der Waals surface area contributed by atoms with E-state index in [1.807, 2.05) is 18.2 Å². The molecule has 0 N–H and O–H groups in total. The van der Waals surface area contributed by atoms with E-state index in [-0.39, 0.29) is 11.7 Å². The third-order valence-electron chi connectivity index (χ3n) is 3.52. The molecule has 0 bridgehead atoms. The van der Waals surface area contributed by atoms with Crippen LogP contribution in [-0.2, 0) is 14.3 Å². The van der Waals surface area contributed by atoms with Gasteiger partial charge in [-0.3, -0.25) is 9.59 Å². The molecule has 0 aliphatic rings. The molecular formula is C19H19NO5. The Morgan fingerprint density at radius 3 is 2.40 bits per heavy atom. The number of likely N-dealkylation sites (N-methyl/N-ethyl adjacent to an activating group) is 1. The van der Waals surface area contributed by atoms with Crippen LogP contribution in [0.1, 0.15) is 17.3 Å². The van der Waals surface area contributed by atoms with Crippen molar-refractivity contribution in [2.45, 2.75) is 13.0 Å². The van der Waals surface area contributed by atoms with Crippen LogP contribution in [0.25, 0.3) is 0 Å². The van der Waals surface area contributed by atoms with E-state index in [9.17, 15) is 14.4 Å². The molecular weight excluding hydrogens is 322 g/mol. The van der Waals surface area contributed by atoms with Crippen molar-refractivity contribution in [1.29, 1.82) is 0 Å². The minimum Gasteiger partial charge on any atom is -0.481 e. The van der Waals surface area contributed by atoms with Crippen molar-refractivity contribution < 1.29 is 23.9 Å². The number of para-hydroxylation sites is 2. The van der Waals surface area contributed by atoms with Crippen LogP contribution in [0.2, 0.25) is 0 Å². The van der Waals surface area contributed by atoms with Crippen LogP contribution in [0.4, 0.5) is 5.69 Å². The van der Waals surface area contributed by atoms with Gasteiger partial charge in [0.1, 0.15) is 5.75 Å². The van der Waals surface area contributed by atoms with Gasteiger partial charge in [-0.1, -0.05) is 30.3 Å². The number of carbonyl (C=O) groups excluding carboxylic acids is 3. The second kappa shape index (κ2) is 8.63. The Morgan fingerprint density at radius 2 is 1.72 bits per heavy atom. The normalized spacial score (nSPS) is 11.3. The first-order valence-electron chi connectivity index (χ1n) is 7.72. The SMILES string of the molecule is C[C@@H](OC(=O)COc1ccccc1C=O)C(=O)N(C)c1ccccc1. The average molecular weight is 341 g/mol. The summed E-state index contributed by atoms with van der Waals surface area (Å²) in [5, 5.41) is 0. The minimum absolute atomic E-state index is 0.287. The third-order valence-corrected chi connectivity index (χ3v) is 3.52. The largest absolute Gasteiger partial charge is 0.481 e. The van der Waals surface area contributed by atoms with Crippen LogP contribution in [0, 0.1) is 0 Å². The van der Waals surface area contributed by atoms with Gasteiger partial charge in [0.05, 0.1) is 5.56 Å². The molecule has 0 saturated carbocycles. The van der Waals surface area contributed by atoms with Gasteiger partial charge in [-0.05, 0) is 31.2 Å². The fraction of sp³-hybridized carbons (Fsp3) is 0.211.